The molecule has 0 aliphatic carbocycles. The number of rotatable bonds is 9. The summed E-state index contributed by atoms with van der Waals surface area (Å²) in [4.78, 5) is 24.9. The lowest BCUT2D eigenvalue weighted by Crippen LogP contribution is -2.49. The third-order valence-electron chi connectivity index (χ3n) is 2.90. The van der Waals surface area contributed by atoms with Gasteiger partial charge in [0.05, 0.1) is 0 Å². The molecule has 0 aliphatic heterocycles. The maximum atomic E-state index is 12.3. The molecule has 0 aromatic rings. The summed E-state index contributed by atoms with van der Waals surface area (Å²) in [7, 11) is 0. The number of hydrogen-bond acceptors (Lipinski definition) is 3. The zero-order valence-corrected chi connectivity index (χ0v) is 12.6. The predicted octanol–water partition coefficient (Wildman–Crippen LogP) is 1.51. The first-order valence-electron chi connectivity index (χ1n) is 7.09. The van der Waals surface area contributed by atoms with E-state index < -0.39 is 6.04 Å². The topological polar surface area (TPSA) is 69.6 Å². The van der Waals surface area contributed by atoms with E-state index in [1.807, 2.05) is 13.8 Å². The van der Waals surface area contributed by atoms with Crippen LogP contribution in [-0.2, 0) is 9.59 Å². The minimum atomic E-state index is -0.536. The van der Waals surface area contributed by atoms with E-state index >= 15 is 0 Å². The average Bonchev–Trinajstić information content (AvgIpc) is 2.32. The molecule has 0 bridgehead atoms. The van der Waals surface area contributed by atoms with Gasteiger partial charge in [0.2, 0.25) is 11.8 Å². The lowest BCUT2D eigenvalue weighted by atomic mass is 10.0. The summed E-state index contributed by atoms with van der Waals surface area (Å²) in [5.41, 5.74) is 0. The normalized spacial score (nSPS) is 12.3. The van der Waals surface area contributed by atoms with Crippen molar-refractivity contribution in [1.29, 1.82) is 0 Å². The molecule has 2 amide bonds. The second-order valence-corrected chi connectivity index (χ2v) is 5.33. The van der Waals surface area contributed by atoms with Gasteiger partial charge in [0.1, 0.15) is 12.8 Å². The van der Waals surface area contributed by atoms with Crippen molar-refractivity contribution >= 4 is 11.8 Å². The van der Waals surface area contributed by atoms with E-state index in [0.717, 1.165) is 19.3 Å². The van der Waals surface area contributed by atoms with Crippen molar-refractivity contribution in [3.05, 3.63) is 0 Å². The SMILES string of the molecule is CCCCCN(CO)C(=O)[C@H](CC(C)C)NC(C)=O. The van der Waals surface area contributed by atoms with Gasteiger partial charge in [0.25, 0.3) is 0 Å². The van der Waals surface area contributed by atoms with Crippen molar-refractivity contribution in [2.24, 2.45) is 5.92 Å². The molecule has 5 heteroatoms. The first kappa shape index (κ1) is 17.9. The number of carbonyl (C=O) groups excluding carboxylic acids is 2. The maximum absolute atomic E-state index is 12.3. The van der Waals surface area contributed by atoms with Crippen LogP contribution in [-0.4, -0.2) is 41.1 Å². The van der Waals surface area contributed by atoms with Gasteiger partial charge in [-0.1, -0.05) is 33.6 Å². The van der Waals surface area contributed by atoms with Crippen LogP contribution in [0.25, 0.3) is 0 Å². The molecule has 0 rings (SSSR count). The third-order valence-corrected chi connectivity index (χ3v) is 2.90. The molecule has 0 heterocycles. The Hall–Kier alpha value is -1.10. The first-order valence-corrected chi connectivity index (χ1v) is 7.09. The molecule has 1 atom stereocenters. The third kappa shape index (κ3) is 7.82. The van der Waals surface area contributed by atoms with Crippen molar-refractivity contribution in [2.45, 2.75) is 59.4 Å². The lowest BCUT2D eigenvalue weighted by Gasteiger charge is -2.27. The zero-order chi connectivity index (χ0) is 14.8. The second kappa shape index (κ2) is 9.78. The van der Waals surface area contributed by atoms with E-state index in [4.69, 9.17) is 0 Å². The van der Waals surface area contributed by atoms with Crippen molar-refractivity contribution in [2.75, 3.05) is 13.3 Å². The Bertz CT molecular complexity index is 280. The highest BCUT2D eigenvalue weighted by molar-refractivity contribution is 5.86. The van der Waals surface area contributed by atoms with Crippen LogP contribution in [0.4, 0.5) is 0 Å². The van der Waals surface area contributed by atoms with E-state index in [-0.39, 0.29) is 18.5 Å². The number of carbonyl (C=O) groups is 2. The van der Waals surface area contributed by atoms with Gasteiger partial charge in [-0.3, -0.25) is 9.59 Å². The van der Waals surface area contributed by atoms with E-state index in [0.29, 0.717) is 18.9 Å². The molecular formula is C14H28N2O3. The van der Waals surface area contributed by atoms with Gasteiger partial charge in [0.15, 0.2) is 0 Å². The smallest absolute Gasteiger partial charge is 0.246 e. The summed E-state index contributed by atoms with van der Waals surface area (Å²) >= 11 is 0. The summed E-state index contributed by atoms with van der Waals surface area (Å²) < 4.78 is 0. The van der Waals surface area contributed by atoms with Crippen molar-refractivity contribution in [3.8, 4) is 0 Å². The fourth-order valence-electron chi connectivity index (χ4n) is 1.96. The van der Waals surface area contributed by atoms with Gasteiger partial charge in [0, 0.05) is 13.5 Å². The van der Waals surface area contributed by atoms with Gasteiger partial charge in [-0.2, -0.15) is 0 Å². The van der Waals surface area contributed by atoms with E-state index in [1.165, 1.54) is 11.8 Å². The molecular weight excluding hydrogens is 244 g/mol. The van der Waals surface area contributed by atoms with E-state index in [1.54, 1.807) is 0 Å². The number of aliphatic hydroxyl groups is 1. The molecule has 0 spiro atoms. The molecule has 2 N–H and O–H groups in total. The molecule has 0 aromatic heterocycles. The van der Waals surface area contributed by atoms with Gasteiger partial charge in [-0.05, 0) is 18.8 Å². The highest BCUT2D eigenvalue weighted by Crippen LogP contribution is 2.09. The van der Waals surface area contributed by atoms with Gasteiger partial charge >= 0.3 is 0 Å². The second-order valence-electron chi connectivity index (χ2n) is 5.33. The maximum Gasteiger partial charge on any atom is 0.246 e. The number of aliphatic hydroxyl groups excluding tert-OH is 1. The summed E-state index contributed by atoms with van der Waals surface area (Å²) in [6, 6.07) is -0.536. The van der Waals surface area contributed by atoms with Crippen LogP contribution >= 0.6 is 0 Å². The Morgan fingerprint density at radius 3 is 2.32 bits per heavy atom. The molecule has 19 heavy (non-hydrogen) atoms. The van der Waals surface area contributed by atoms with Gasteiger partial charge in [-0.25, -0.2) is 0 Å². The van der Waals surface area contributed by atoms with Crippen molar-refractivity contribution in [3.63, 3.8) is 0 Å². The average molecular weight is 272 g/mol. The molecule has 0 fully saturated rings. The minimum absolute atomic E-state index is 0.192. The Balaban J connectivity index is 4.58. The summed E-state index contributed by atoms with van der Waals surface area (Å²) in [5, 5.41) is 12.0. The Morgan fingerprint density at radius 1 is 1.26 bits per heavy atom. The van der Waals surface area contributed by atoms with E-state index in [9.17, 15) is 14.7 Å². The molecule has 112 valence electrons. The molecule has 0 radical (unpaired) electrons. The minimum Gasteiger partial charge on any atom is -0.376 e. The number of hydrogen-bond donors (Lipinski definition) is 2. The molecule has 0 saturated carbocycles. The monoisotopic (exact) mass is 272 g/mol. The highest BCUT2D eigenvalue weighted by Gasteiger charge is 2.25. The van der Waals surface area contributed by atoms with Gasteiger partial charge < -0.3 is 15.3 Å². The zero-order valence-electron chi connectivity index (χ0n) is 12.6. The number of nitrogens with zero attached hydrogens (tertiary/aromatic N) is 1. The number of unbranched alkanes of at least 4 members (excludes halogenated alkanes) is 2. The van der Waals surface area contributed by atoms with Gasteiger partial charge in [-0.15, -0.1) is 0 Å². The molecule has 0 saturated heterocycles. The molecule has 5 nitrogen and oxygen atoms in total. The standard InChI is InChI=1S/C14H28N2O3/c1-5-6-7-8-16(10-17)14(19)13(9-11(2)3)15-12(4)18/h11,13,17H,5-10H2,1-4H3,(H,15,18)/t13-/m0/s1. The van der Waals surface area contributed by atoms with Crippen LogP contribution in [0.2, 0.25) is 0 Å². The Kier molecular flexibility index (Phi) is 9.21. The van der Waals surface area contributed by atoms with Crippen LogP contribution < -0.4 is 5.32 Å². The number of nitrogens with one attached hydrogen (secondary N) is 1. The quantitative estimate of drug-likeness (QED) is 0.494. The Labute approximate surface area is 116 Å². The number of amides is 2. The van der Waals surface area contributed by atoms with E-state index in [2.05, 4.69) is 12.2 Å². The Morgan fingerprint density at radius 2 is 1.89 bits per heavy atom. The fraction of sp³-hybridized carbons (Fsp3) is 0.857. The van der Waals surface area contributed by atoms with Crippen LogP contribution in [0.5, 0.6) is 0 Å². The van der Waals surface area contributed by atoms with Crippen molar-refractivity contribution < 1.29 is 14.7 Å². The lowest BCUT2D eigenvalue weighted by molar-refractivity contribution is -0.139. The first-order chi connectivity index (χ1) is 8.92. The summed E-state index contributed by atoms with van der Waals surface area (Å²) in [6.07, 6.45) is 3.55. The highest BCUT2D eigenvalue weighted by atomic mass is 16.3. The molecule has 0 aromatic carbocycles. The fourth-order valence-corrected chi connectivity index (χ4v) is 1.96. The summed E-state index contributed by atoms with van der Waals surface area (Å²) in [6.45, 7) is 7.74. The van der Waals surface area contributed by atoms with Crippen LogP contribution in [0.1, 0.15) is 53.4 Å². The molecule has 0 aliphatic rings. The molecule has 0 unspecified atom stereocenters. The van der Waals surface area contributed by atoms with Crippen molar-refractivity contribution in [1.82, 2.24) is 10.2 Å². The van der Waals surface area contributed by atoms with Crippen LogP contribution in [0.3, 0.4) is 0 Å². The largest absolute Gasteiger partial charge is 0.376 e. The summed E-state index contributed by atoms with van der Waals surface area (Å²) in [5.74, 6) is -0.107. The van der Waals surface area contributed by atoms with Crippen LogP contribution in [0.15, 0.2) is 0 Å². The van der Waals surface area contributed by atoms with Crippen LogP contribution in [0, 0.1) is 5.92 Å². The predicted molar refractivity (Wildman–Crippen MR) is 75.4 cm³/mol.